The quantitative estimate of drug-likeness (QED) is 0.428. The average Bonchev–Trinajstić information content (AvgIpc) is 2.97. The maximum absolute atomic E-state index is 13.4. The first-order chi connectivity index (χ1) is 18.9. The molecule has 1 N–H and O–H groups in total. The molecule has 2 aromatic carbocycles. The lowest BCUT2D eigenvalue weighted by Gasteiger charge is -2.23. The fraction of sp³-hybridized carbons (Fsp3) is 0.556. The Balaban J connectivity index is 0.000000216. The summed E-state index contributed by atoms with van der Waals surface area (Å²) in [4.78, 5) is 0. The third-order valence-electron chi connectivity index (χ3n) is 6.51. The zero-order chi connectivity index (χ0) is 28.0. The highest BCUT2D eigenvalue weighted by Gasteiger charge is 2.24. The second kappa shape index (κ2) is 17.0. The van der Waals surface area contributed by atoms with E-state index in [0.29, 0.717) is 23.2 Å². The molecule has 2 aromatic rings. The van der Waals surface area contributed by atoms with Crippen molar-refractivity contribution < 1.29 is 46.7 Å². The molecule has 2 aliphatic heterocycles. The van der Waals surface area contributed by atoms with Gasteiger partial charge < -0.3 is 37.9 Å². The largest absolute Gasteiger partial charge is 0.493 e. The number of rotatable bonds is 11. The van der Waals surface area contributed by atoms with E-state index in [2.05, 4.69) is 0 Å². The van der Waals surface area contributed by atoms with Crippen molar-refractivity contribution in [3.63, 3.8) is 0 Å². The van der Waals surface area contributed by atoms with Crippen LogP contribution in [0.25, 0.3) is 0 Å². The average molecular weight is 550 g/mol. The highest BCUT2D eigenvalue weighted by Crippen LogP contribution is 2.17. The van der Waals surface area contributed by atoms with Crippen molar-refractivity contribution in [2.45, 2.75) is 64.3 Å². The van der Waals surface area contributed by atoms with E-state index in [0.717, 1.165) is 50.6 Å². The van der Waals surface area contributed by atoms with Crippen LogP contribution in [-0.4, -0.2) is 66.4 Å². The van der Waals surface area contributed by atoms with Gasteiger partial charge in [-0.1, -0.05) is 12.1 Å². The van der Waals surface area contributed by atoms with Crippen molar-refractivity contribution in [1.82, 2.24) is 0 Å². The Morgan fingerprint density at radius 3 is 1.67 bits per heavy atom. The Hall–Kier alpha value is -1.89. The van der Waals surface area contributed by atoms with Crippen molar-refractivity contribution in [3.8, 4) is 0 Å². The van der Waals surface area contributed by atoms with Crippen molar-refractivity contribution in [3.05, 3.63) is 59.2 Å². The van der Waals surface area contributed by atoms with Gasteiger partial charge in [-0.2, -0.15) is 0 Å². The maximum Gasteiger partial charge on any atom is 0.493 e. The first-order valence-corrected chi connectivity index (χ1v) is 13.2. The fourth-order valence-electron chi connectivity index (χ4n) is 4.40. The van der Waals surface area contributed by atoms with Crippen LogP contribution in [0.4, 0.5) is 8.78 Å². The highest BCUT2D eigenvalue weighted by atomic mass is 19.1. The summed E-state index contributed by atoms with van der Waals surface area (Å²) in [5, 5.41) is 9.71. The Kier molecular flexibility index (Phi) is 13.8. The molecule has 39 heavy (non-hydrogen) atoms. The van der Waals surface area contributed by atoms with Crippen molar-refractivity contribution in [2.75, 3.05) is 34.5 Å². The second-order valence-electron chi connectivity index (χ2n) is 9.29. The van der Waals surface area contributed by atoms with Crippen molar-refractivity contribution >= 4 is 25.2 Å². The van der Waals surface area contributed by atoms with Gasteiger partial charge in [0.2, 0.25) is 0 Å². The van der Waals surface area contributed by atoms with Crippen LogP contribution in [0.2, 0.25) is 0 Å². The summed E-state index contributed by atoms with van der Waals surface area (Å²) in [5.41, 5.74) is 2.57. The van der Waals surface area contributed by atoms with Crippen LogP contribution in [-0.2, 0) is 46.1 Å². The molecule has 2 aliphatic rings. The summed E-state index contributed by atoms with van der Waals surface area (Å²) in [6.45, 7) is 1.89. The molecule has 2 saturated heterocycles. The van der Waals surface area contributed by atoms with Crippen LogP contribution in [0.5, 0.6) is 0 Å². The van der Waals surface area contributed by atoms with E-state index in [9.17, 15) is 13.8 Å². The summed E-state index contributed by atoms with van der Waals surface area (Å²) in [6.07, 6.45) is 5.56. The van der Waals surface area contributed by atoms with Crippen molar-refractivity contribution in [1.29, 1.82) is 0 Å². The van der Waals surface area contributed by atoms with Gasteiger partial charge in [-0.15, -0.1) is 0 Å². The van der Waals surface area contributed by atoms with Gasteiger partial charge in [-0.3, -0.25) is 0 Å². The highest BCUT2D eigenvalue weighted by molar-refractivity contribution is 6.61. The molecule has 214 valence electrons. The molecule has 0 aliphatic carbocycles. The van der Waals surface area contributed by atoms with E-state index in [-0.39, 0.29) is 37.4 Å². The number of hydrogen-bond acceptors (Lipinski definition) is 8. The van der Waals surface area contributed by atoms with Crippen molar-refractivity contribution in [2.24, 2.45) is 0 Å². The predicted octanol–water partition coefficient (Wildman–Crippen LogP) is 3.06. The van der Waals surface area contributed by atoms with Crippen LogP contribution in [0.15, 0.2) is 36.4 Å². The van der Waals surface area contributed by atoms with Crippen LogP contribution >= 0.6 is 0 Å². The monoisotopic (exact) mass is 550 g/mol. The van der Waals surface area contributed by atoms with E-state index in [1.807, 2.05) is 0 Å². The molecule has 0 amide bonds. The van der Waals surface area contributed by atoms with E-state index in [1.54, 1.807) is 20.3 Å². The first kappa shape index (κ1) is 31.6. The van der Waals surface area contributed by atoms with Gasteiger partial charge in [0, 0.05) is 34.5 Å². The van der Waals surface area contributed by atoms with Gasteiger partial charge in [-0.05, 0) is 84.8 Å². The Bertz CT molecular complexity index is 986. The molecule has 0 aromatic heterocycles. The number of ether oxygens (including phenoxy) is 4. The molecule has 0 bridgehead atoms. The molecule has 0 saturated carbocycles. The van der Waals surface area contributed by atoms with Crippen LogP contribution < -0.4 is 10.9 Å². The van der Waals surface area contributed by atoms with E-state index in [4.69, 9.17) is 32.9 Å². The first-order valence-electron chi connectivity index (χ1n) is 13.2. The summed E-state index contributed by atoms with van der Waals surface area (Å²) < 4.78 is 64.3. The van der Waals surface area contributed by atoms with E-state index < -0.39 is 14.2 Å². The summed E-state index contributed by atoms with van der Waals surface area (Å²) in [7, 11) is 2.88. The molecule has 2 atom stereocenters. The molecule has 2 heterocycles. The molecular weight excluding hydrogens is 512 g/mol. The standard InChI is InChI=1S/C14H20BFO4.C13H18BFO4/c1-17-15(18-2)13-7-6-12(16)9-11(13)10-20-14-5-3-4-8-19-14;1-17-14(16)12-6-5-11(15)8-10(12)9-19-13-4-2-3-7-18-13/h6-7,9,14H,3-5,8,10H2,1-2H3;5-6,8,13,16H,2-4,7,9H2,1H3. The Labute approximate surface area is 230 Å². The lowest BCUT2D eigenvalue weighted by molar-refractivity contribution is -0.169. The lowest BCUT2D eigenvalue weighted by atomic mass is 9.76. The van der Waals surface area contributed by atoms with Gasteiger partial charge in [0.1, 0.15) is 11.6 Å². The summed E-state index contributed by atoms with van der Waals surface area (Å²) >= 11 is 0. The molecule has 12 heteroatoms. The SMILES string of the molecule is COB(O)c1ccc(F)cc1COC1CCCCO1.COB(OC)c1ccc(F)cc1COC1CCCCO1. The number of hydrogen-bond donors (Lipinski definition) is 1. The van der Waals surface area contributed by atoms with Gasteiger partial charge in [0.25, 0.3) is 0 Å². The van der Waals surface area contributed by atoms with Gasteiger partial charge in [-0.25, -0.2) is 8.78 Å². The topological polar surface area (TPSA) is 84.8 Å². The molecule has 8 nitrogen and oxygen atoms in total. The molecular formula is C27H38B2F2O8. The summed E-state index contributed by atoms with van der Waals surface area (Å²) in [6, 6.07) is 8.64. The predicted molar refractivity (Wildman–Crippen MR) is 144 cm³/mol. The van der Waals surface area contributed by atoms with E-state index >= 15 is 0 Å². The van der Waals surface area contributed by atoms with Gasteiger partial charge >= 0.3 is 14.2 Å². The normalized spacial score (nSPS) is 19.2. The summed E-state index contributed by atoms with van der Waals surface area (Å²) in [5.74, 6) is -0.668. The van der Waals surface area contributed by atoms with Gasteiger partial charge in [0.05, 0.1) is 13.2 Å². The molecule has 2 unspecified atom stereocenters. The third-order valence-corrected chi connectivity index (χ3v) is 6.51. The zero-order valence-electron chi connectivity index (χ0n) is 22.9. The fourth-order valence-corrected chi connectivity index (χ4v) is 4.40. The van der Waals surface area contributed by atoms with Crippen LogP contribution in [0, 0.1) is 11.6 Å². The Morgan fingerprint density at radius 1 is 0.744 bits per heavy atom. The smallest absolute Gasteiger partial charge is 0.423 e. The molecule has 4 rings (SSSR count). The maximum atomic E-state index is 13.4. The zero-order valence-corrected chi connectivity index (χ0v) is 22.9. The number of benzene rings is 2. The minimum atomic E-state index is -1.08. The van der Waals surface area contributed by atoms with E-state index in [1.165, 1.54) is 37.4 Å². The minimum Gasteiger partial charge on any atom is -0.423 e. The molecule has 0 spiro atoms. The molecule has 2 fully saturated rings. The Morgan fingerprint density at radius 2 is 1.23 bits per heavy atom. The van der Waals surface area contributed by atoms with Gasteiger partial charge in [0.15, 0.2) is 12.6 Å². The van der Waals surface area contributed by atoms with Crippen LogP contribution in [0.3, 0.4) is 0 Å². The second-order valence-corrected chi connectivity index (χ2v) is 9.29. The third kappa shape index (κ3) is 10.2. The van der Waals surface area contributed by atoms with Crippen LogP contribution in [0.1, 0.15) is 49.7 Å². The molecule has 0 radical (unpaired) electrons. The lowest BCUT2D eigenvalue weighted by Crippen LogP contribution is -2.38. The minimum absolute atomic E-state index is 0.193. The number of halogens is 2.